The molecule has 3 nitrogen and oxygen atoms in total. The zero-order valence-electron chi connectivity index (χ0n) is 12.7. The molecule has 1 fully saturated rings. The number of aryl methyl sites for hydroxylation is 1. The van der Waals surface area contributed by atoms with Gasteiger partial charge in [0.05, 0.1) is 6.61 Å². The summed E-state index contributed by atoms with van der Waals surface area (Å²) in [6.45, 7) is 6.02. The van der Waals surface area contributed by atoms with Gasteiger partial charge in [-0.3, -0.25) is 0 Å². The zero-order valence-corrected chi connectivity index (χ0v) is 12.7. The van der Waals surface area contributed by atoms with Crippen molar-refractivity contribution in [1.82, 2.24) is 0 Å². The van der Waals surface area contributed by atoms with E-state index in [0.29, 0.717) is 12.2 Å². The van der Waals surface area contributed by atoms with E-state index in [0.717, 1.165) is 30.3 Å². The van der Waals surface area contributed by atoms with E-state index < -0.39 is 0 Å². The standard InChI is InChI=1S/C16H25FN2O/c1-11-8-16(14(12(2)18)9-15(11)17)19(3)6-7-20-10-13-4-5-13/h8-9,12-13H,4-7,10,18H2,1-3H3. The fraction of sp³-hybridized carbons (Fsp3) is 0.625. The maximum absolute atomic E-state index is 13.7. The summed E-state index contributed by atoms with van der Waals surface area (Å²) in [6, 6.07) is 3.24. The third-order valence-corrected chi connectivity index (χ3v) is 3.83. The van der Waals surface area contributed by atoms with Crippen molar-refractivity contribution in [1.29, 1.82) is 0 Å². The molecule has 20 heavy (non-hydrogen) atoms. The Labute approximate surface area is 120 Å². The molecule has 1 aliphatic carbocycles. The molecule has 1 atom stereocenters. The van der Waals surface area contributed by atoms with Gasteiger partial charge in [-0.2, -0.15) is 0 Å². The van der Waals surface area contributed by atoms with Crippen molar-refractivity contribution in [3.63, 3.8) is 0 Å². The average molecular weight is 280 g/mol. The van der Waals surface area contributed by atoms with Crippen molar-refractivity contribution >= 4 is 5.69 Å². The monoisotopic (exact) mass is 280 g/mol. The normalized spacial score (nSPS) is 16.2. The molecule has 0 amide bonds. The minimum absolute atomic E-state index is 0.185. The fourth-order valence-electron chi connectivity index (χ4n) is 2.23. The van der Waals surface area contributed by atoms with Crippen molar-refractivity contribution in [2.75, 3.05) is 31.7 Å². The summed E-state index contributed by atoms with van der Waals surface area (Å²) in [5, 5.41) is 0. The Morgan fingerprint density at radius 2 is 2.15 bits per heavy atom. The predicted octanol–water partition coefficient (Wildman–Crippen LogP) is 3.02. The lowest BCUT2D eigenvalue weighted by molar-refractivity contribution is 0.131. The van der Waals surface area contributed by atoms with Crippen molar-refractivity contribution in [3.05, 3.63) is 29.1 Å². The number of hydrogen-bond donors (Lipinski definition) is 1. The van der Waals surface area contributed by atoms with Crippen molar-refractivity contribution in [3.8, 4) is 0 Å². The van der Waals surface area contributed by atoms with Crippen LogP contribution in [0.2, 0.25) is 0 Å². The van der Waals surface area contributed by atoms with E-state index >= 15 is 0 Å². The highest BCUT2D eigenvalue weighted by Gasteiger charge is 2.21. The lowest BCUT2D eigenvalue weighted by Gasteiger charge is -2.24. The van der Waals surface area contributed by atoms with E-state index in [4.69, 9.17) is 10.5 Å². The maximum atomic E-state index is 13.7. The molecular formula is C16H25FN2O. The summed E-state index contributed by atoms with van der Waals surface area (Å²) in [6.07, 6.45) is 2.61. The molecule has 0 saturated heterocycles. The third kappa shape index (κ3) is 3.93. The summed E-state index contributed by atoms with van der Waals surface area (Å²) in [5.41, 5.74) is 8.44. The number of hydrogen-bond acceptors (Lipinski definition) is 3. The van der Waals surface area contributed by atoms with Crippen LogP contribution in [0.3, 0.4) is 0 Å². The van der Waals surface area contributed by atoms with E-state index in [1.807, 2.05) is 20.0 Å². The first-order valence-corrected chi connectivity index (χ1v) is 7.33. The van der Waals surface area contributed by atoms with Crippen molar-refractivity contribution in [2.45, 2.75) is 32.7 Å². The van der Waals surface area contributed by atoms with Crippen LogP contribution in [0.4, 0.5) is 10.1 Å². The molecule has 2 N–H and O–H groups in total. The second-order valence-corrected chi connectivity index (χ2v) is 5.89. The smallest absolute Gasteiger partial charge is 0.126 e. The highest BCUT2D eigenvalue weighted by molar-refractivity contribution is 5.56. The van der Waals surface area contributed by atoms with Gasteiger partial charge >= 0.3 is 0 Å². The third-order valence-electron chi connectivity index (χ3n) is 3.83. The predicted molar refractivity (Wildman–Crippen MR) is 80.6 cm³/mol. The van der Waals surface area contributed by atoms with Crippen LogP contribution in [0.1, 0.15) is 36.9 Å². The molecule has 0 aromatic heterocycles. The molecule has 0 aliphatic heterocycles. The van der Waals surface area contributed by atoms with Crippen LogP contribution in [0.5, 0.6) is 0 Å². The SMILES string of the molecule is Cc1cc(N(C)CCOCC2CC2)c(C(C)N)cc1F. The summed E-state index contributed by atoms with van der Waals surface area (Å²) < 4.78 is 19.3. The molecule has 112 valence electrons. The van der Waals surface area contributed by atoms with Crippen molar-refractivity contribution < 1.29 is 9.13 Å². The lowest BCUT2D eigenvalue weighted by Crippen LogP contribution is -2.25. The van der Waals surface area contributed by atoms with Gasteiger partial charge in [-0.05, 0) is 55.9 Å². The summed E-state index contributed by atoms with van der Waals surface area (Å²) in [5.74, 6) is 0.590. The van der Waals surface area contributed by atoms with E-state index in [9.17, 15) is 4.39 Å². The van der Waals surface area contributed by atoms with Gasteiger partial charge < -0.3 is 15.4 Å². The first-order valence-electron chi connectivity index (χ1n) is 7.33. The number of ether oxygens (including phenoxy) is 1. The minimum atomic E-state index is -0.195. The molecule has 0 heterocycles. The first kappa shape index (κ1) is 15.3. The van der Waals surface area contributed by atoms with E-state index in [1.165, 1.54) is 12.8 Å². The molecule has 1 aliphatic rings. The quantitative estimate of drug-likeness (QED) is 0.780. The number of nitrogens with zero attached hydrogens (tertiary/aromatic N) is 1. The number of rotatable bonds is 7. The number of benzene rings is 1. The maximum Gasteiger partial charge on any atom is 0.126 e. The van der Waals surface area contributed by atoms with Gasteiger partial charge in [0, 0.05) is 31.9 Å². The van der Waals surface area contributed by atoms with Crippen LogP contribution in [0.25, 0.3) is 0 Å². The number of nitrogens with two attached hydrogens (primary N) is 1. The second kappa shape index (κ2) is 6.55. The summed E-state index contributed by atoms with van der Waals surface area (Å²) >= 11 is 0. The Balaban J connectivity index is 1.99. The Kier molecular flexibility index (Phi) is 5.00. The van der Waals surface area contributed by atoms with Crippen LogP contribution >= 0.6 is 0 Å². The summed E-state index contributed by atoms with van der Waals surface area (Å²) in [4.78, 5) is 2.10. The molecule has 0 radical (unpaired) electrons. The first-order chi connectivity index (χ1) is 9.49. The van der Waals surface area contributed by atoms with Gasteiger partial charge in [-0.1, -0.05) is 0 Å². The van der Waals surface area contributed by atoms with E-state index in [2.05, 4.69) is 4.90 Å². The van der Waals surface area contributed by atoms with Crippen LogP contribution in [-0.4, -0.2) is 26.8 Å². The van der Waals surface area contributed by atoms with Crippen LogP contribution in [0.15, 0.2) is 12.1 Å². The second-order valence-electron chi connectivity index (χ2n) is 5.89. The van der Waals surface area contributed by atoms with Gasteiger partial charge in [0.25, 0.3) is 0 Å². The van der Waals surface area contributed by atoms with Gasteiger partial charge in [0.15, 0.2) is 0 Å². The molecule has 1 aromatic carbocycles. The largest absolute Gasteiger partial charge is 0.379 e. The van der Waals surface area contributed by atoms with Gasteiger partial charge in [0.1, 0.15) is 5.82 Å². The number of likely N-dealkylation sites (N-methyl/N-ethyl adjacent to an activating group) is 1. The van der Waals surface area contributed by atoms with Crippen LogP contribution in [-0.2, 0) is 4.74 Å². The molecule has 4 heteroatoms. The topological polar surface area (TPSA) is 38.5 Å². The van der Waals surface area contributed by atoms with Gasteiger partial charge in [-0.15, -0.1) is 0 Å². The van der Waals surface area contributed by atoms with Crippen molar-refractivity contribution in [2.24, 2.45) is 11.7 Å². The van der Waals surface area contributed by atoms with Gasteiger partial charge in [-0.25, -0.2) is 4.39 Å². The zero-order chi connectivity index (χ0) is 14.7. The number of halogens is 1. The number of anilines is 1. The highest BCUT2D eigenvalue weighted by atomic mass is 19.1. The van der Waals surface area contributed by atoms with Crippen LogP contribution in [0, 0.1) is 18.7 Å². The molecule has 1 aromatic rings. The molecule has 2 rings (SSSR count). The minimum Gasteiger partial charge on any atom is -0.379 e. The Morgan fingerprint density at radius 3 is 2.75 bits per heavy atom. The summed E-state index contributed by atoms with van der Waals surface area (Å²) in [7, 11) is 2.00. The lowest BCUT2D eigenvalue weighted by atomic mass is 10.0. The molecule has 1 unspecified atom stereocenters. The van der Waals surface area contributed by atoms with E-state index in [1.54, 1.807) is 13.0 Å². The Bertz CT molecular complexity index is 458. The Morgan fingerprint density at radius 1 is 1.45 bits per heavy atom. The van der Waals surface area contributed by atoms with Gasteiger partial charge in [0.2, 0.25) is 0 Å². The molecule has 0 bridgehead atoms. The molecular weight excluding hydrogens is 255 g/mol. The fourth-order valence-corrected chi connectivity index (χ4v) is 2.23. The average Bonchev–Trinajstić information content (AvgIpc) is 3.21. The molecule has 0 spiro atoms. The molecule has 1 saturated carbocycles. The van der Waals surface area contributed by atoms with Crippen LogP contribution < -0.4 is 10.6 Å². The van der Waals surface area contributed by atoms with E-state index in [-0.39, 0.29) is 11.9 Å². The Hall–Kier alpha value is -1.13. The highest BCUT2D eigenvalue weighted by Crippen LogP contribution is 2.29.